The van der Waals surface area contributed by atoms with E-state index in [2.05, 4.69) is 23.8 Å². The fraction of sp³-hybridized carbons (Fsp3) is 0.273. The maximum atomic E-state index is 13.4. The first-order valence-corrected chi connectivity index (χ1v) is 5.62. The Labute approximate surface area is 91.8 Å². The second kappa shape index (κ2) is 4.06. The molecule has 0 saturated carbocycles. The molecule has 0 amide bonds. The van der Waals surface area contributed by atoms with Gasteiger partial charge in [-0.3, -0.25) is 4.98 Å². The van der Waals surface area contributed by atoms with Gasteiger partial charge < -0.3 is 0 Å². The molecule has 0 bridgehead atoms. The predicted molar refractivity (Wildman–Crippen MR) is 59.4 cm³/mol. The van der Waals surface area contributed by atoms with Gasteiger partial charge in [-0.2, -0.15) is 0 Å². The van der Waals surface area contributed by atoms with Crippen LogP contribution in [0, 0.1) is 5.82 Å². The summed E-state index contributed by atoms with van der Waals surface area (Å²) in [6.45, 7) is 4.13. The number of nitrogens with zero attached hydrogens (tertiary/aromatic N) is 2. The minimum absolute atomic E-state index is 0.321. The minimum Gasteiger partial charge on any atom is -0.251 e. The molecule has 0 aliphatic heterocycles. The number of hydrogen-bond donors (Lipinski definition) is 0. The van der Waals surface area contributed by atoms with Crippen LogP contribution in [0.15, 0.2) is 23.7 Å². The van der Waals surface area contributed by atoms with Crippen molar-refractivity contribution in [3.05, 3.63) is 34.5 Å². The highest BCUT2D eigenvalue weighted by atomic mass is 32.1. The number of rotatable bonds is 2. The summed E-state index contributed by atoms with van der Waals surface area (Å²) in [7, 11) is 0. The molecule has 0 aliphatic carbocycles. The smallest absolute Gasteiger partial charge is 0.151 e. The Bertz CT molecular complexity index is 465. The molecule has 0 unspecified atom stereocenters. The maximum Gasteiger partial charge on any atom is 0.151 e. The molecule has 0 atom stereocenters. The number of aromatic nitrogens is 2. The molecule has 0 fully saturated rings. The number of thiazole rings is 1. The first kappa shape index (κ1) is 10.2. The summed E-state index contributed by atoms with van der Waals surface area (Å²) in [5.74, 6) is 0.0497. The summed E-state index contributed by atoms with van der Waals surface area (Å²) in [4.78, 5) is 8.35. The van der Waals surface area contributed by atoms with Crippen molar-refractivity contribution in [3.8, 4) is 11.4 Å². The fourth-order valence-electron chi connectivity index (χ4n) is 1.24. The molecule has 2 rings (SSSR count). The molecule has 0 radical (unpaired) electrons. The van der Waals surface area contributed by atoms with Crippen molar-refractivity contribution in [2.45, 2.75) is 19.8 Å². The molecular formula is C11H11FN2S. The normalized spacial score (nSPS) is 10.9. The van der Waals surface area contributed by atoms with E-state index in [0.29, 0.717) is 17.3 Å². The van der Waals surface area contributed by atoms with E-state index in [-0.39, 0.29) is 5.82 Å². The van der Waals surface area contributed by atoms with Crippen LogP contribution in [0.2, 0.25) is 0 Å². The average Bonchev–Trinajstić information content (AvgIpc) is 2.67. The van der Waals surface area contributed by atoms with E-state index < -0.39 is 0 Å². The quantitative estimate of drug-likeness (QED) is 0.777. The van der Waals surface area contributed by atoms with Gasteiger partial charge in [0.05, 0.1) is 5.01 Å². The topological polar surface area (TPSA) is 25.8 Å². The Morgan fingerprint density at radius 2 is 2.20 bits per heavy atom. The number of pyridine rings is 1. The number of hydrogen-bond acceptors (Lipinski definition) is 3. The van der Waals surface area contributed by atoms with E-state index in [0.717, 1.165) is 5.01 Å². The van der Waals surface area contributed by atoms with Crippen molar-refractivity contribution in [1.82, 2.24) is 9.97 Å². The Morgan fingerprint density at radius 3 is 2.80 bits per heavy atom. The Balaban J connectivity index is 2.42. The third kappa shape index (κ3) is 2.04. The molecule has 2 nitrogen and oxygen atoms in total. The van der Waals surface area contributed by atoms with E-state index in [1.807, 2.05) is 5.38 Å². The molecule has 15 heavy (non-hydrogen) atoms. The van der Waals surface area contributed by atoms with E-state index in [1.165, 1.54) is 6.07 Å². The molecule has 0 aliphatic rings. The standard InChI is InChI=1S/C11H11FN2S/c1-7(2)11-14-9(6-15-11)10-8(12)4-3-5-13-10/h3-7H,1-2H3. The van der Waals surface area contributed by atoms with Gasteiger partial charge in [0, 0.05) is 17.5 Å². The molecule has 0 N–H and O–H groups in total. The fourth-order valence-corrected chi connectivity index (χ4v) is 2.06. The number of halogens is 1. The average molecular weight is 222 g/mol. The van der Waals surface area contributed by atoms with Gasteiger partial charge in [0.15, 0.2) is 5.82 Å². The third-order valence-corrected chi connectivity index (χ3v) is 3.16. The largest absolute Gasteiger partial charge is 0.251 e. The highest BCUT2D eigenvalue weighted by molar-refractivity contribution is 7.10. The van der Waals surface area contributed by atoms with Gasteiger partial charge in [0.1, 0.15) is 11.4 Å². The molecule has 78 valence electrons. The van der Waals surface area contributed by atoms with Gasteiger partial charge in [0.25, 0.3) is 0 Å². The summed E-state index contributed by atoms with van der Waals surface area (Å²) in [6.07, 6.45) is 1.58. The van der Waals surface area contributed by atoms with Crippen LogP contribution in [0.25, 0.3) is 11.4 Å². The lowest BCUT2D eigenvalue weighted by Gasteiger charge is -1.98. The molecule has 2 aromatic rings. The zero-order valence-electron chi connectivity index (χ0n) is 8.57. The van der Waals surface area contributed by atoms with E-state index in [4.69, 9.17) is 0 Å². The second-order valence-electron chi connectivity index (χ2n) is 3.56. The molecule has 0 saturated heterocycles. The van der Waals surface area contributed by atoms with Crippen molar-refractivity contribution < 1.29 is 4.39 Å². The summed E-state index contributed by atoms with van der Waals surface area (Å²) in [5, 5.41) is 2.86. The maximum absolute atomic E-state index is 13.4. The zero-order valence-corrected chi connectivity index (χ0v) is 9.38. The molecule has 0 aromatic carbocycles. The van der Waals surface area contributed by atoms with Crippen LogP contribution in [0.1, 0.15) is 24.8 Å². The lowest BCUT2D eigenvalue weighted by atomic mass is 10.2. The van der Waals surface area contributed by atoms with E-state index >= 15 is 0 Å². The van der Waals surface area contributed by atoms with Crippen molar-refractivity contribution in [2.24, 2.45) is 0 Å². The van der Waals surface area contributed by atoms with E-state index in [1.54, 1.807) is 23.6 Å². The molecule has 2 heterocycles. The third-order valence-electron chi connectivity index (χ3n) is 2.02. The van der Waals surface area contributed by atoms with Gasteiger partial charge in [-0.1, -0.05) is 13.8 Å². The first-order valence-electron chi connectivity index (χ1n) is 4.75. The van der Waals surface area contributed by atoms with Crippen molar-refractivity contribution in [2.75, 3.05) is 0 Å². The van der Waals surface area contributed by atoms with Crippen molar-refractivity contribution >= 4 is 11.3 Å². The highest BCUT2D eigenvalue weighted by Gasteiger charge is 2.11. The summed E-state index contributed by atoms with van der Waals surface area (Å²) < 4.78 is 13.4. The minimum atomic E-state index is -0.321. The van der Waals surface area contributed by atoms with Crippen LogP contribution in [-0.4, -0.2) is 9.97 Å². The lowest BCUT2D eigenvalue weighted by Crippen LogP contribution is -1.90. The SMILES string of the molecule is CC(C)c1nc(-c2ncccc2F)cs1. The summed E-state index contributed by atoms with van der Waals surface area (Å²) in [6, 6.07) is 2.98. The van der Waals surface area contributed by atoms with Gasteiger partial charge in [0.2, 0.25) is 0 Å². The Kier molecular flexibility index (Phi) is 2.77. The van der Waals surface area contributed by atoms with Crippen LogP contribution in [0.3, 0.4) is 0 Å². The predicted octanol–water partition coefficient (Wildman–Crippen LogP) is 3.47. The van der Waals surface area contributed by atoms with Crippen LogP contribution < -0.4 is 0 Å². The summed E-state index contributed by atoms with van der Waals surface area (Å²) >= 11 is 1.54. The Morgan fingerprint density at radius 1 is 1.40 bits per heavy atom. The molecule has 4 heteroatoms. The van der Waals surface area contributed by atoms with Crippen molar-refractivity contribution in [1.29, 1.82) is 0 Å². The summed E-state index contributed by atoms with van der Waals surface area (Å²) in [5.41, 5.74) is 0.961. The van der Waals surface area contributed by atoms with Crippen molar-refractivity contribution in [3.63, 3.8) is 0 Å². The van der Waals surface area contributed by atoms with Gasteiger partial charge in [-0.15, -0.1) is 11.3 Å². The monoisotopic (exact) mass is 222 g/mol. The van der Waals surface area contributed by atoms with Gasteiger partial charge in [-0.05, 0) is 12.1 Å². The molecular weight excluding hydrogens is 211 g/mol. The zero-order chi connectivity index (χ0) is 10.8. The van der Waals surface area contributed by atoms with Gasteiger partial charge >= 0.3 is 0 Å². The van der Waals surface area contributed by atoms with Crippen LogP contribution >= 0.6 is 11.3 Å². The van der Waals surface area contributed by atoms with Crippen LogP contribution in [0.5, 0.6) is 0 Å². The highest BCUT2D eigenvalue weighted by Crippen LogP contribution is 2.26. The van der Waals surface area contributed by atoms with Crippen LogP contribution in [-0.2, 0) is 0 Å². The van der Waals surface area contributed by atoms with Crippen LogP contribution in [0.4, 0.5) is 4.39 Å². The van der Waals surface area contributed by atoms with E-state index in [9.17, 15) is 4.39 Å². The first-order chi connectivity index (χ1) is 7.18. The Hall–Kier alpha value is -1.29. The second-order valence-corrected chi connectivity index (χ2v) is 4.45. The van der Waals surface area contributed by atoms with Gasteiger partial charge in [-0.25, -0.2) is 9.37 Å². The molecule has 0 spiro atoms. The molecule has 2 aromatic heterocycles. The lowest BCUT2D eigenvalue weighted by molar-refractivity contribution is 0.625.